The molecule has 9 heteroatoms. The third-order valence-corrected chi connectivity index (χ3v) is 8.12. The fraction of sp³-hybridized carbons (Fsp3) is 0.500. The third kappa shape index (κ3) is 3.95. The second kappa shape index (κ2) is 8.12. The minimum atomic E-state index is -3.47. The normalized spacial score (nSPS) is 16.0. The predicted molar refractivity (Wildman–Crippen MR) is 114 cm³/mol. The van der Waals surface area contributed by atoms with E-state index in [2.05, 4.69) is 16.5 Å². The average molecular weight is 435 g/mol. The minimum absolute atomic E-state index is 0.325. The number of imidazole rings is 1. The van der Waals surface area contributed by atoms with Crippen LogP contribution < -0.4 is 0 Å². The van der Waals surface area contributed by atoms with Crippen molar-refractivity contribution in [2.24, 2.45) is 0 Å². The molecule has 2 aromatic heterocycles. The molecule has 4 rings (SSSR count). The van der Waals surface area contributed by atoms with Crippen LogP contribution in [0.2, 0.25) is 0 Å². The number of aromatic nitrogens is 3. The van der Waals surface area contributed by atoms with Gasteiger partial charge in [0.15, 0.2) is 0 Å². The first-order valence-corrected chi connectivity index (χ1v) is 12.4. The Hall–Kier alpha value is -1.84. The first-order chi connectivity index (χ1) is 13.9. The van der Waals surface area contributed by atoms with Crippen molar-refractivity contribution in [3.05, 3.63) is 35.5 Å². The Kier molecular flexibility index (Phi) is 5.72. The van der Waals surface area contributed by atoms with Crippen LogP contribution in [-0.4, -0.2) is 40.3 Å². The molecule has 0 amide bonds. The number of piperidine rings is 1. The van der Waals surface area contributed by atoms with Crippen molar-refractivity contribution < 1.29 is 12.8 Å². The number of hydrogen-bond acceptors (Lipinski definition) is 6. The smallest absolute Gasteiger partial charge is 0.256 e. The lowest BCUT2D eigenvalue weighted by molar-refractivity contribution is 0.346. The molecule has 0 spiro atoms. The van der Waals surface area contributed by atoms with E-state index in [0.717, 1.165) is 48.6 Å². The molecule has 0 N–H and O–H groups in total. The van der Waals surface area contributed by atoms with Gasteiger partial charge >= 0.3 is 0 Å². The highest BCUT2D eigenvalue weighted by Gasteiger charge is 2.26. The summed E-state index contributed by atoms with van der Waals surface area (Å²) in [4.78, 5) is 9.47. The molecule has 0 radical (unpaired) electrons. The number of oxazole rings is 1. The Morgan fingerprint density at radius 2 is 1.90 bits per heavy atom. The van der Waals surface area contributed by atoms with Gasteiger partial charge in [0.1, 0.15) is 11.6 Å². The van der Waals surface area contributed by atoms with Crippen molar-refractivity contribution in [3.8, 4) is 0 Å². The number of benzene rings is 1. The van der Waals surface area contributed by atoms with Crippen LogP contribution in [0.3, 0.4) is 0 Å². The molecular weight excluding hydrogens is 408 g/mol. The summed E-state index contributed by atoms with van der Waals surface area (Å²) in [6.07, 6.45) is 2.94. The van der Waals surface area contributed by atoms with E-state index in [1.54, 1.807) is 16.4 Å². The lowest BCUT2D eigenvalue weighted by atomic mass is 10.2. The maximum Gasteiger partial charge on any atom is 0.256 e. The summed E-state index contributed by atoms with van der Waals surface area (Å²) in [5, 5.41) is 0.628. The van der Waals surface area contributed by atoms with Crippen molar-refractivity contribution >= 4 is 32.8 Å². The van der Waals surface area contributed by atoms with Gasteiger partial charge in [-0.05, 0) is 51.8 Å². The molecule has 0 saturated carbocycles. The number of hydrogen-bond donors (Lipinski definition) is 0. The summed E-state index contributed by atoms with van der Waals surface area (Å²) < 4.78 is 35.4. The van der Waals surface area contributed by atoms with Crippen molar-refractivity contribution in [1.82, 2.24) is 18.8 Å². The van der Waals surface area contributed by atoms with Crippen LogP contribution in [0.4, 0.5) is 0 Å². The number of rotatable bonds is 6. The molecule has 156 valence electrons. The quantitative estimate of drug-likeness (QED) is 0.543. The Labute approximate surface area is 175 Å². The Balaban J connectivity index is 1.63. The second-order valence-electron chi connectivity index (χ2n) is 7.30. The fourth-order valence-electron chi connectivity index (χ4n) is 3.67. The molecule has 1 saturated heterocycles. The topological polar surface area (TPSA) is 81.2 Å². The maximum absolute atomic E-state index is 13.0. The number of thioether (sulfide) groups is 1. The summed E-state index contributed by atoms with van der Waals surface area (Å²) in [5.41, 5.74) is 2.55. The SMILES string of the molecule is CCn1c(CSc2nc(C)c(C)o2)nc2cc(S(=O)(=O)N3CCCCC3)ccc21. The van der Waals surface area contributed by atoms with Gasteiger partial charge in [-0.1, -0.05) is 18.2 Å². The van der Waals surface area contributed by atoms with E-state index < -0.39 is 10.0 Å². The van der Waals surface area contributed by atoms with Gasteiger partial charge in [0.05, 0.1) is 27.4 Å². The Morgan fingerprint density at radius 1 is 1.14 bits per heavy atom. The number of aryl methyl sites for hydroxylation is 3. The molecule has 1 fully saturated rings. The Morgan fingerprint density at radius 3 is 2.55 bits per heavy atom. The molecule has 1 aliphatic rings. The zero-order valence-electron chi connectivity index (χ0n) is 17.0. The molecule has 3 heterocycles. The van der Waals surface area contributed by atoms with E-state index in [-0.39, 0.29) is 0 Å². The van der Waals surface area contributed by atoms with Crippen LogP contribution in [0, 0.1) is 13.8 Å². The van der Waals surface area contributed by atoms with Crippen molar-refractivity contribution in [3.63, 3.8) is 0 Å². The average Bonchev–Trinajstić information content (AvgIpc) is 3.25. The molecule has 1 aliphatic heterocycles. The molecule has 0 unspecified atom stereocenters. The van der Waals surface area contributed by atoms with E-state index in [1.165, 1.54) is 11.8 Å². The molecule has 3 aromatic rings. The first-order valence-electron chi connectivity index (χ1n) is 9.96. The largest absolute Gasteiger partial charge is 0.437 e. The van der Waals surface area contributed by atoms with Crippen LogP contribution in [0.1, 0.15) is 43.5 Å². The van der Waals surface area contributed by atoms with E-state index in [4.69, 9.17) is 9.40 Å². The lowest BCUT2D eigenvalue weighted by Crippen LogP contribution is -2.35. The molecule has 0 atom stereocenters. The van der Waals surface area contributed by atoms with E-state index >= 15 is 0 Å². The van der Waals surface area contributed by atoms with Crippen LogP contribution in [-0.2, 0) is 22.3 Å². The zero-order valence-corrected chi connectivity index (χ0v) is 18.6. The maximum atomic E-state index is 13.0. The summed E-state index contributed by atoms with van der Waals surface area (Å²) in [6, 6.07) is 5.28. The molecule has 7 nitrogen and oxygen atoms in total. The van der Waals surface area contributed by atoms with Gasteiger partial charge in [-0.2, -0.15) is 4.31 Å². The number of fused-ring (bicyclic) bond motifs is 1. The Bertz CT molecular complexity index is 1110. The standard InChI is InChI=1S/C20H26N4O3S2/c1-4-24-18-9-8-16(29(25,26)23-10-6-5-7-11-23)12-17(18)22-19(24)13-28-20-21-14(2)15(3)27-20/h8-9,12H,4-7,10-11,13H2,1-3H3. The van der Waals surface area contributed by atoms with Crippen LogP contribution >= 0.6 is 11.8 Å². The first kappa shape index (κ1) is 20.4. The third-order valence-electron chi connectivity index (χ3n) is 5.40. The van der Waals surface area contributed by atoms with Gasteiger partial charge in [-0.15, -0.1) is 0 Å². The highest BCUT2D eigenvalue weighted by molar-refractivity contribution is 7.98. The predicted octanol–water partition coefficient (Wildman–Crippen LogP) is 4.13. The van der Waals surface area contributed by atoms with Crippen LogP contribution in [0.5, 0.6) is 0 Å². The van der Waals surface area contributed by atoms with Crippen molar-refractivity contribution in [2.75, 3.05) is 13.1 Å². The van der Waals surface area contributed by atoms with E-state index in [1.807, 2.05) is 19.9 Å². The zero-order chi connectivity index (χ0) is 20.6. The van der Waals surface area contributed by atoms with Gasteiger partial charge in [0.25, 0.3) is 5.22 Å². The van der Waals surface area contributed by atoms with Crippen molar-refractivity contribution in [2.45, 2.75) is 62.4 Å². The lowest BCUT2D eigenvalue weighted by Gasteiger charge is -2.25. The van der Waals surface area contributed by atoms with Gasteiger partial charge in [-0.25, -0.2) is 18.4 Å². The van der Waals surface area contributed by atoms with E-state index in [0.29, 0.717) is 34.5 Å². The van der Waals surface area contributed by atoms with Crippen LogP contribution in [0.25, 0.3) is 11.0 Å². The van der Waals surface area contributed by atoms with E-state index in [9.17, 15) is 8.42 Å². The monoisotopic (exact) mass is 434 g/mol. The number of nitrogens with zero attached hydrogens (tertiary/aromatic N) is 4. The highest BCUT2D eigenvalue weighted by atomic mass is 32.2. The second-order valence-corrected chi connectivity index (χ2v) is 10.2. The fourth-order valence-corrected chi connectivity index (χ4v) is 6.06. The van der Waals surface area contributed by atoms with Gasteiger partial charge in [0, 0.05) is 19.6 Å². The van der Waals surface area contributed by atoms with Gasteiger partial charge < -0.3 is 8.98 Å². The van der Waals surface area contributed by atoms with Gasteiger partial charge in [0.2, 0.25) is 10.0 Å². The molecule has 0 bridgehead atoms. The summed E-state index contributed by atoms with van der Waals surface area (Å²) in [5.74, 6) is 2.31. The minimum Gasteiger partial charge on any atom is -0.437 e. The summed E-state index contributed by atoms with van der Waals surface area (Å²) >= 11 is 1.50. The molecule has 1 aromatic carbocycles. The van der Waals surface area contributed by atoms with Crippen molar-refractivity contribution in [1.29, 1.82) is 0 Å². The van der Waals surface area contributed by atoms with Gasteiger partial charge in [-0.3, -0.25) is 0 Å². The van der Waals surface area contributed by atoms with Crippen LogP contribution in [0.15, 0.2) is 32.7 Å². The summed E-state index contributed by atoms with van der Waals surface area (Å²) in [7, 11) is -3.47. The molecule has 0 aliphatic carbocycles. The number of sulfonamides is 1. The highest BCUT2D eigenvalue weighted by Crippen LogP contribution is 2.28. The summed E-state index contributed by atoms with van der Waals surface area (Å²) in [6.45, 7) is 7.84. The molecular formula is C20H26N4O3S2. The molecule has 29 heavy (non-hydrogen) atoms.